The molecule has 27 heavy (non-hydrogen) atoms. The molecule has 3 rings (SSSR count). The molecule has 1 unspecified atom stereocenters. The molecule has 1 atom stereocenters. The van der Waals surface area contributed by atoms with Crippen LogP contribution in [-0.4, -0.2) is 42.1 Å². The number of benzene rings is 2. The molecule has 0 aliphatic rings. The molecule has 142 valence electrons. The predicted molar refractivity (Wildman–Crippen MR) is 106 cm³/mol. The van der Waals surface area contributed by atoms with Crippen molar-refractivity contribution in [2.24, 2.45) is 5.73 Å². The molecule has 0 aliphatic carbocycles. The van der Waals surface area contributed by atoms with Crippen molar-refractivity contribution in [2.75, 3.05) is 26.0 Å². The maximum absolute atomic E-state index is 12.4. The molecule has 2 aromatic carbocycles. The Morgan fingerprint density at radius 2 is 1.96 bits per heavy atom. The Kier molecular flexibility index (Phi) is 5.73. The van der Waals surface area contributed by atoms with Crippen molar-refractivity contribution in [1.82, 2.24) is 9.47 Å². The van der Waals surface area contributed by atoms with E-state index >= 15 is 0 Å². The maximum atomic E-state index is 12.4. The minimum absolute atomic E-state index is 0.274. The number of hydrogen-bond acceptors (Lipinski definition) is 5. The molecule has 0 spiro atoms. The number of oxazole rings is 1. The fraction of sp³-hybridized carbons (Fsp3) is 0.300. The monoisotopic (exact) mass is 368 g/mol. The molecular weight excluding hydrogens is 344 g/mol. The zero-order valence-electron chi connectivity index (χ0n) is 15.5. The Bertz CT molecular complexity index is 976. The van der Waals surface area contributed by atoms with Crippen LogP contribution in [0.15, 0.2) is 57.7 Å². The lowest BCUT2D eigenvalue weighted by Crippen LogP contribution is -2.37. The summed E-state index contributed by atoms with van der Waals surface area (Å²) < 4.78 is 6.83. The number of aromatic nitrogens is 1. The third kappa shape index (κ3) is 4.64. The first-order chi connectivity index (χ1) is 12.9. The van der Waals surface area contributed by atoms with Gasteiger partial charge in [0.05, 0.1) is 11.6 Å². The highest BCUT2D eigenvalue weighted by Crippen LogP contribution is 2.19. The second kappa shape index (κ2) is 8.20. The Morgan fingerprint density at radius 1 is 1.22 bits per heavy atom. The smallest absolute Gasteiger partial charge is 0.408 e. The van der Waals surface area contributed by atoms with Gasteiger partial charge in [0.15, 0.2) is 5.58 Å². The molecule has 1 heterocycles. The number of amides is 1. The molecule has 0 saturated carbocycles. The number of nitrogens with two attached hydrogens (primary N) is 1. The molecule has 0 radical (unpaired) electrons. The van der Waals surface area contributed by atoms with Crippen molar-refractivity contribution in [3.8, 4) is 0 Å². The number of nitrogens with zero attached hydrogens (tertiary/aromatic N) is 2. The van der Waals surface area contributed by atoms with Crippen LogP contribution in [0.5, 0.6) is 0 Å². The van der Waals surface area contributed by atoms with Crippen LogP contribution in [-0.2, 0) is 17.8 Å². The van der Waals surface area contributed by atoms with Crippen molar-refractivity contribution in [3.05, 3.63) is 64.6 Å². The predicted octanol–water partition coefficient (Wildman–Crippen LogP) is 1.66. The van der Waals surface area contributed by atoms with Gasteiger partial charge in [0, 0.05) is 18.8 Å². The Hall–Kier alpha value is -2.90. The van der Waals surface area contributed by atoms with E-state index in [4.69, 9.17) is 10.2 Å². The van der Waals surface area contributed by atoms with Crippen molar-refractivity contribution in [1.29, 1.82) is 0 Å². The Balaban J connectivity index is 1.75. The molecule has 1 aromatic heterocycles. The highest BCUT2D eigenvalue weighted by atomic mass is 16.4. The number of hydrogen-bond donors (Lipinski definition) is 2. The van der Waals surface area contributed by atoms with E-state index in [9.17, 15) is 9.59 Å². The van der Waals surface area contributed by atoms with Gasteiger partial charge in [0.2, 0.25) is 5.91 Å². The molecule has 3 N–H and O–H groups in total. The molecule has 0 bridgehead atoms. The zero-order valence-corrected chi connectivity index (χ0v) is 15.5. The number of carbonyl (C=O) groups is 1. The first kappa shape index (κ1) is 18.9. The van der Waals surface area contributed by atoms with Gasteiger partial charge in [-0.1, -0.05) is 30.3 Å². The van der Waals surface area contributed by atoms with Crippen molar-refractivity contribution in [3.63, 3.8) is 0 Å². The van der Waals surface area contributed by atoms with Crippen LogP contribution in [0.1, 0.15) is 5.56 Å². The van der Waals surface area contributed by atoms with Crippen LogP contribution in [0.25, 0.3) is 11.1 Å². The maximum Gasteiger partial charge on any atom is 0.419 e. The highest BCUT2D eigenvalue weighted by Gasteiger charge is 2.16. The van der Waals surface area contributed by atoms with Crippen LogP contribution in [0.3, 0.4) is 0 Å². The van der Waals surface area contributed by atoms with E-state index in [0.29, 0.717) is 36.3 Å². The summed E-state index contributed by atoms with van der Waals surface area (Å²) in [6.45, 7) is 1.21. The number of rotatable bonds is 7. The van der Waals surface area contributed by atoms with Gasteiger partial charge in [-0.25, -0.2) is 4.79 Å². The number of anilines is 1. The van der Waals surface area contributed by atoms with E-state index in [1.807, 2.05) is 49.3 Å². The van der Waals surface area contributed by atoms with Crippen molar-refractivity contribution < 1.29 is 9.21 Å². The van der Waals surface area contributed by atoms with Gasteiger partial charge in [0.25, 0.3) is 0 Å². The number of likely N-dealkylation sites (N-methyl/N-ethyl adjacent to an activating group) is 1. The van der Waals surface area contributed by atoms with Gasteiger partial charge in [-0.05, 0) is 44.3 Å². The average Bonchev–Trinajstić information content (AvgIpc) is 2.95. The lowest BCUT2D eigenvalue weighted by molar-refractivity contribution is -0.117. The first-order valence-corrected chi connectivity index (χ1v) is 8.82. The molecule has 0 saturated heterocycles. The van der Waals surface area contributed by atoms with E-state index in [1.54, 1.807) is 22.8 Å². The number of fused-ring (bicyclic) bond motifs is 1. The molecule has 7 heteroatoms. The summed E-state index contributed by atoms with van der Waals surface area (Å²) in [6.07, 6.45) is 0.453. The SMILES string of the molecule is CN(C)CCn1c(=O)oc2ccc(NC(=O)C(N)Cc3ccccc3)cc21. The van der Waals surface area contributed by atoms with E-state index in [2.05, 4.69) is 5.32 Å². The topological polar surface area (TPSA) is 93.5 Å². The quantitative estimate of drug-likeness (QED) is 0.662. The van der Waals surface area contributed by atoms with Gasteiger partial charge in [-0.2, -0.15) is 0 Å². The van der Waals surface area contributed by atoms with Crippen LogP contribution < -0.4 is 16.8 Å². The molecule has 7 nitrogen and oxygen atoms in total. The number of carbonyl (C=O) groups excluding carboxylic acids is 1. The van der Waals surface area contributed by atoms with Crippen molar-refractivity contribution >= 4 is 22.7 Å². The molecule has 0 aliphatic heterocycles. The third-order valence-corrected chi connectivity index (χ3v) is 4.34. The van der Waals surface area contributed by atoms with E-state index in [1.165, 1.54) is 0 Å². The first-order valence-electron chi connectivity index (χ1n) is 8.82. The third-order valence-electron chi connectivity index (χ3n) is 4.34. The highest BCUT2D eigenvalue weighted by molar-refractivity contribution is 5.96. The van der Waals surface area contributed by atoms with E-state index in [-0.39, 0.29) is 5.91 Å². The largest absolute Gasteiger partial charge is 0.419 e. The second-order valence-corrected chi connectivity index (χ2v) is 6.79. The standard InChI is InChI=1S/C20H24N4O3/c1-23(2)10-11-24-17-13-15(8-9-18(17)27-20(24)26)22-19(25)16(21)12-14-6-4-3-5-7-14/h3-9,13,16H,10-12,21H2,1-2H3,(H,22,25). The molecule has 0 fully saturated rings. The van der Waals surface area contributed by atoms with Crippen molar-refractivity contribution in [2.45, 2.75) is 19.0 Å². The Morgan fingerprint density at radius 3 is 2.67 bits per heavy atom. The fourth-order valence-corrected chi connectivity index (χ4v) is 2.85. The molecule has 1 amide bonds. The minimum atomic E-state index is -0.664. The van der Waals surface area contributed by atoms with Crippen LogP contribution in [0.2, 0.25) is 0 Å². The normalized spacial score (nSPS) is 12.4. The lowest BCUT2D eigenvalue weighted by atomic mass is 10.1. The van der Waals surface area contributed by atoms with Gasteiger partial charge in [-0.15, -0.1) is 0 Å². The van der Waals surface area contributed by atoms with Gasteiger partial charge < -0.3 is 20.4 Å². The van der Waals surface area contributed by atoms with Gasteiger partial charge >= 0.3 is 5.76 Å². The summed E-state index contributed by atoms with van der Waals surface area (Å²) in [5, 5.41) is 2.82. The van der Waals surface area contributed by atoms with E-state index in [0.717, 1.165) is 5.56 Å². The summed E-state index contributed by atoms with van der Waals surface area (Å²) in [6, 6.07) is 14.1. The van der Waals surface area contributed by atoms with Crippen LogP contribution in [0, 0.1) is 0 Å². The van der Waals surface area contributed by atoms with Gasteiger partial charge in [0.1, 0.15) is 0 Å². The Labute approximate surface area is 157 Å². The summed E-state index contributed by atoms with van der Waals surface area (Å²) in [7, 11) is 3.88. The van der Waals surface area contributed by atoms with Crippen LogP contribution in [0.4, 0.5) is 5.69 Å². The average molecular weight is 368 g/mol. The zero-order chi connectivity index (χ0) is 19.4. The summed E-state index contributed by atoms with van der Waals surface area (Å²) in [5.74, 6) is -0.681. The fourth-order valence-electron chi connectivity index (χ4n) is 2.85. The molecule has 3 aromatic rings. The minimum Gasteiger partial charge on any atom is -0.408 e. The lowest BCUT2D eigenvalue weighted by Gasteiger charge is -2.13. The number of nitrogens with one attached hydrogen (secondary N) is 1. The van der Waals surface area contributed by atoms with E-state index < -0.39 is 11.8 Å². The summed E-state index contributed by atoms with van der Waals surface area (Å²) >= 11 is 0. The second-order valence-electron chi connectivity index (χ2n) is 6.79. The summed E-state index contributed by atoms with van der Waals surface area (Å²) in [5.41, 5.74) is 8.76. The van der Waals surface area contributed by atoms with Gasteiger partial charge in [-0.3, -0.25) is 9.36 Å². The molecular formula is C20H24N4O3. The summed E-state index contributed by atoms with van der Waals surface area (Å²) in [4.78, 5) is 26.5. The van der Waals surface area contributed by atoms with Crippen LogP contribution >= 0.6 is 0 Å².